The highest BCUT2D eigenvalue weighted by molar-refractivity contribution is 7.89. The summed E-state index contributed by atoms with van der Waals surface area (Å²) in [4.78, 5) is 24.1. The van der Waals surface area contributed by atoms with Crippen LogP contribution in [0.4, 0.5) is 5.69 Å². The van der Waals surface area contributed by atoms with Crippen LogP contribution in [0.2, 0.25) is 0 Å². The minimum absolute atomic E-state index is 0.0562. The van der Waals surface area contributed by atoms with Gasteiger partial charge >= 0.3 is 5.97 Å². The summed E-state index contributed by atoms with van der Waals surface area (Å²) in [7, 11) is -3.22. The first-order chi connectivity index (χ1) is 12.2. The van der Waals surface area contributed by atoms with Crippen molar-refractivity contribution in [3.63, 3.8) is 0 Å². The lowest BCUT2D eigenvalue weighted by molar-refractivity contribution is -0.152. The second-order valence-corrected chi connectivity index (χ2v) is 8.81. The highest BCUT2D eigenvalue weighted by Crippen LogP contribution is 2.21. The third-order valence-corrected chi connectivity index (χ3v) is 6.44. The van der Waals surface area contributed by atoms with E-state index >= 15 is 0 Å². The summed E-state index contributed by atoms with van der Waals surface area (Å²) in [6.07, 6.45) is 0.827. The molecule has 8 heteroatoms. The van der Waals surface area contributed by atoms with Gasteiger partial charge in [0.2, 0.25) is 10.0 Å². The van der Waals surface area contributed by atoms with Gasteiger partial charge in [-0.25, -0.2) is 12.7 Å². The van der Waals surface area contributed by atoms with Crippen molar-refractivity contribution in [1.82, 2.24) is 4.31 Å². The Morgan fingerprint density at radius 1 is 1.23 bits per heavy atom. The van der Waals surface area contributed by atoms with Crippen molar-refractivity contribution in [2.24, 2.45) is 5.92 Å². The molecule has 1 N–H and O–H groups in total. The van der Waals surface area contributed by atoms with E-state index in [-0.39, 0.29) is 18.3 Å². The molecule has 0 aliphatic carbocycles. The number of aryl methyl sites for hydroxylation is 2. The van der Waals surface area contributed by atoms with E-state index < -0.39 is 21.9 Å². The Kier molecular flexibility index (Phi) is 6.77. The molecule has 1 amide bonds. The minimum atomic E-state index is -3.22. The second-order valence-electron chi connectivity index (χ2n) is 6.55. The van der Waals surface area contributed by atoms with E-state index in [2.05, 4.69) is 5.32 Å². The maximum Gasteiger partial charge on any atom is 0.309 e. The largest absolute Gasteiger partial charge is 0.455 e. The Labute approximate surface area is 154 Å². The molecule has 0 bridgehead atoms. The number of hydrogen-bond acceptors (Lipinski definition) is 5. The average Bonchev–Trinajstić information content (AvgIpc) is 2.63. The minimum Gasteiger partial charge on any atom is -0.455 e. The molecule has 1 aromatic carbocycles. The molecule has 7 nitrogen and oxygen atoms in total. The van der Waals surface area contributed by atoms with Crippen LogP contribution in [0.3, 0.4) is 0 Å². The van der Waals surface area contributed by atoms with E-state index in [0.29, 0.717) is 31.6 Å². The Hall–Kier alpha value is -1.93. The number of nitrogens with one attached hydrogen (secondary N) is 1. The van der Waals surface area contributed by atoms with Crippen LogP contribution in [0.15, 0.2) is 18.2 Å². The molecule has 0 saturated carbocycles. The SMILES string of the molecule is CCS(=O)(=O)N1CCC(C(=O)OCC(=O)Nc2cc(C)ccc2C)CC1. The van der Waals surface area contributed by atoms with Crippen LogP contribution < -0.4 is 5.32 Å². The summed E-state index contributed by atoms with van der Waals surface area (Å²) >= 11 is 0. The summed E-state index contributed by atoms with van der Waals surface area (Å²) in [5, 5.41) is 2.74. The smallest absolute Gasteiger partial charge is 0.309 e. The van der Waals surface area contributed by atoms with Gasteiger partial charge < -0.3 is 10.1 Å². The number of sulfonamides is 1. The Bertz CT molecular complexity index is 768. The van der Waals surface area contributed by atoms with Crippen molar-refractivity contribution in [3.05, 3.63) is 29.3 Å². The number of hydrogen-bond donors (Lipinski definition) is 1. The van der Waals surface area contributed by atoms with Crippen molar-refractivity contribution >= 4 is 27.6 Å². The summed E-state index contributed by atoms with van der Waals surface area (Å²) in [6.45, 7) is 5.69. The van der Waals surface area contributed by atoms with E-state index in [1.165, 1.54) is 4.31 Å². The lowest BCUT2D eigenvalue weighted by atomic mass is 9.98. The second kappa shape index (κ2) is 8.64. The zero-order chi connectivity index (χ0) is 19.3. The molecule has 1 aromatic rings. The normalized spacial score (nSPS) is 16.3. The third kappa shape index (κ3) is 5.28. The fourth-order valence-electron chi connectivity index (χ4n) is 2.86. The fraction of sp³-hybridized carbons (Fsp3) is 0.556. The number of carbonyl (C=O) groups excluding carboxylic acids is 2. The maximum absolute atomic E-state index is 12.1. The van der Waals surface area contributed by atoms with Crippen molar-refractivity contribution < 1.29 is 22.7 Å². The Morgan fingerprint density at radius 3 is 2.50 bits per heavy atom. The van der Waals surface area contributed by atoms with E-state index in [1.54, 1.807) is 6.92 Å². The highest BCUT2D eigenvalue weighted by atomic mass is 32.2. The number of amides is 1. The zero-order valence-corrected chi connectivity index (χ0v) is 16.3. The van der Waals surface area contributed by atoms with Gasteiger partial charge in [0.15, 0.2) is 6.61 Å². The quantitative estimate of drug-likeness (QED) is 0.758. The van der Waals surface area contributed by atoms with Crippen molar-refractivity contribution in [2.75, 3.05) is 30.8 Å². The number of nitrogens with zero attached hydrogens (tertiary/aromatic N) is 1. The third-order valence-electron chi connectivity index (χ3n) is 4.56. The van der Waals surface area contributed by atoms with Crippen molar-refractivity contribution in [3.8, 4) is 0 Å². The monoisotopic (exact) mass is 382 g/mol. The predicted octanol–water partition coefficient (Wildman–Crippen LogP) is 1.85. The molecule has 1 aliphatic rings. The van der Waals surface area contributed by atoms with Crippen LogP contribution in [0.25, 0.3) is 0 Å². The van der Waals surface area contributed by atoms with Gasteiger partial charge in [0.1, 0.15) is 0 Å². The first kappa shape index (κ1) is 20.4. The van der Waals surface area contributed by atoms with Crippen LogP contribution in [0, 0.1) is 19.8 Å². The van der Waals surface area contributed by atoms with E-state index in [1.807, 2.05) is 32.0 Å². The standard InChI is InChI=1S/C18H26N2O5S/c1-4-26(23,24)20-9-7-15(8-10-20)18(22)25-12-17(21)19-16-11-13(2)5-6-14(16)3/h5-6,11,15H,4,7-10,12H2,1-3H3,(H,19,21). The maximum atomic E-state index is 12.1. The van der Waals surface area contributed by atoms with Crippen LogP contribution in [-0.4, -0.2) is 50.0 Å². The topological polar surface area (TPSA) is 92.8 Å². The molecule has 1 fully saturated rings. The molecule has 1 saturated heterocycles. The number of benzene rings is 1. The number of carbonyl (C=O) groups is 2. The average molecular weight is 382 g/mol. The highest BCUT2D eigenvalue weighted by Gasteiger charge is 2.31. The number of ether oxygens (including phenoxy) is 1. The van der Waals surface area contributed by atoms with Gasteiger partial charge in [-0.2, -0.15) is 0 Å². The lowest BCUT2D eigenvalue weighted by Gasteiger charge is -2.29. The molecule has 1 aliphatic heterocycles. The van der Waals surface area contributed by atoms with Crippen LogP contribution in [0.5, 0.6) is 0 Å². The number of rotatable bonds is 6. The number of anilines is 1. The first-order valence-electron chi connectivity index (χ1n) is 8.74. The van der Waals surface area contributed by atoms with Crippen LogP contribution in [0.1, 0.15) is 30.9 Å². The molecular formula is C18H26N2O5S. The van der Waals surface area contributed by atoms with Gasteiger partial charge in [-0.05, 0) is 50.8 Å². The van der Waals surface area contributed by atoms with Gasteiger partial charge in [-0.3, -0.25) is 9.59 Å². The van der Waals surface area contributed by atoms with Crippen molar-refractivity contribution in [1.29, 1.82) is 0 Å². The molecule has 0 spiro atoms. The predicted molar refractivity (Wildman–Crippen MR) is 99.3 cm³/mol. The van der Waals surface area contributed by atoms with E-state index in [4.69, 9.17) is 4.74 Å². The lowest BCUT2D eigenvalue weighted by Crippen LogP contribution is -2.41. The molecule has 26 heavy (non-hydrogen) atoms. The first-order valence-corrected chi connectivity index (χ1v) is 10.4. The summed E-state index contributed by atoms with van der Waals surface area (Å²) in [5.74, 6) is -1.15. The van der Waals surface area contributed by atoms with Gasteiger partial charge in [-0.1, -0.05) is 12.1 Å². The van der Waals surface area contributed by atoms with Gasteiger partial charge in [-0.15, -0.1) is 0 Å². The zero-order valence-electron chi connectivity index (χ0n) is 15.4. The van der Waals surface area contributed by atoms with Gasteiger partial charge in [0, 0.05) is 18.8 Å². The molecular weight excluding hydrogens is 356 g/mol. The van der Waals surface area contributed by atoms with Crippen LogP contribution >= 0.6 is 0 Å². The molecule has 0 atom stereocenters. The van der Waals surface area contributed by atoms with Gasteiger partial charge in [0.05, 0.1) is 11.7 Å². The molecule has 144 valence electrons. The summed E-state index contributed by atoms with van der Waals surface area (Å²) < 4.78 is 30.2. The Morgan fingerprint density at radius 2 is 1.88 bits per heavy atom. The summed E-state index contributed by atoms with van der Waals surface area (Å²) in [6, 6.07) is 5.73. The number of piperidine rings is 1. The summed E-state index contributed by atoms with van der Waals surface area (Å²) in [5.41, 5.74) is 2.65. The molecule has 2 rings (SSSR count). The Balaban J connectivity index is 1.80. The number of esters is 1. The fourth-order valence-corrected chi connectivity index (χ4v) is 4.00. The van der Waals surface area contributed by atoms with E-state index in [9.17, 15) is 18.0 Å². The van der Waals surface area contributed by atoms with Crippen LogP contribution in [-0.2, 0) is 24.3 Å². The molecule has 0 radical (unpaired) electrons. The van der Waals surface area contributed by atoms with E-state index in [0.717, 1.165) is 11.1 Å². The molecule has 0 aromatic heterocycles. The van der Waals surface area contributed by atoms with Crippen molar-refractivity contribution in [2.45, 2.75) is 33.6 Å². The molecule has 1 heterocycles. The molecule has 0 unspecified atom stereocenters. The van der Waals surface area contributed by atoms with Gasteiger partial charge in [0.25, 0.3) is 5.91 Å².